The summed E-state index contributed by atoms with van der Waals surface area (Å²) in [4.78, 5) is 5.17. The third-order valence-electron chi connectivity index (χ3n) is 5.80. The molecule has 3 nitrogen and oxygen atoms in total. The quantitative estimate of drug-likeness (QED) is 0.662. The molecule has 24 heavy (non-hydrogen) atoms. The second-order valence-corrected chi connectivity index (χ2v) is 7.20. The number of nitrogens with zero attached hydrogens (tertiary/aromatic N) is 2. The van der Waals surface area contributed by atoms with Crippen LogP contribution in [-0.2, 0) is 6.42 Å². The van der Waals surface area contributed by atoms with E-state index in [1.807, 2.05) is 0 Å². The summed E-state index contributed by atoms with van der Waals surface area (Å²) in [6, 6.07) is 7.35. The van der Waals surface area contributed by atoms with Crippen molar-refractivity contribution in [3.8, 4) is 5.75 Å². The summed E-state index contributed by atoms with van der Waals surface area (Å²) in [6.07, 6.45) is 7.71. The lowest BCUT2D eigenvalue weighted by molar-refractivity contribution is 0.163. The molecule has 1 saturated heterocycles. The van der Waals surface area contributed by atoms with Crippen LogP contribution in [-0.4, -0.2) is 49.1 Å². The first-order valence-electron chi connectivity index (χ1n) is 10.0. The third-order valence-corrected chi connectivity index (χ3v) is 5.80. The van der Waals surface area contributed by atoms with Crippen molar-refractivity contribution in [2.75, 3.05) is 39.3 Å². The summed E-state index contributed by atoms with van der Waals surface area (Å²) < 4.78 is 6.18. The number of hydrogen-bond acceptors (Lipinski definition) is 3. The fourth-order valence-electron chi connectivity index (χ4n) is 4.35. The smallest absolute Gasteiger partial charge is 0.122 e. The molecule has 3 heteroatoms. The van der Waals surface area contributed by atoms with E-state index in [2.05, 4.69) is 41.8 Å². The van der Waals surface area contributed by atoms with E-state index in [1.165, 1.54) is 56.3 Å². The number of ether oxygens (including phenoxy) is 1. The van der Waals surface area contributed by atoms with Crippen LogP contribution in [0.4, 0.5) is 0 Å². The lowest BCUT2D eigenvalue weighted by Crippen LogP contribution is -2.32. The van der Waals surface area contributed by atoms with Crippen molar-refractivity contribution in [3.63, 3.8) is 0 Å². The van der Waals surface area contributed by atoms with Gasteiger partial charge in [0.1, 0.15) is 5.75 Å². The van der Waals surface area contributed by atoms with E-state index in [0.717, 1.165) is 38.4 Å². The molecule has 1 aliphatic heterocycles. The summed E-state index contributed by atoms with van der Waals surface area (Å²) in [5.41, 5.74) is 3.02. The molecule has 2 aliphatic rings. The van der Waals surface area contributed by atoms with Crippen LogP contribution in [0.1, 0.15) is 63.1 Å². The van der Waals surface area contributed by atoms with Crippen LogP contribution in [0.5, 0.6) is 5.75 Å². The SMILES string of the molecule is CCN(CC)CCCOc1cccc2c1CCC2N1CCCCC1. The van der Waals surface area contributed by atoms with E-state index >= 15 is 0 Å². The van der Waals surface area contributed by atoms with E-state index in [-0.39, 0.29) is 0 Å². The van der Waals surface area contributed by atoms with Crippen molar-refractivity contribution in [2.45, 2.75) is 58.4 Å². The van der Waals surface area contributed by atoms with Crippen LogP contribution < -0.4 is 4.74 Å². The lowest BCUT2D eigenvalue weighted by Gasteiger charge is -2.32. The molecule has 1 unspecified atom stereocenters. The van der Waals surface area contributed by atoms with Gasteiger partial charge < -0.3 is 9.64 Å². The summed E-state index contributed by atoms with van der Waals surface area (Å²) in [6.45, 7) is 11.3. The largest absolute Gasteiger partial charge is 0.493 e. The molecule has 0 bridgehead atoms. The highest BCUT2D eigenvalue weighted by Gasteiger charge is 2.30. The standard InChI is InChI=1S/C21H34N2O/c1-3-22(4-2)14-9-17-24-21-11-8-10-18-19(21)12-13-20(18)23-15-6-5-7-16-23/h8,10-11,20H,3-7,9,12-17H2,1-2H3. The number of piperidine rings is 1. The Labute approximate surface area is 148 Å². The van der Waals surface area contributed by atoms with Crippen LogP contribution in [0.2, 0.25) is 0 Å². The Morgan fingerprint density at radius 3 is 2.67 bits per heavy atom. The van der Waals surface area contributed by atoms with Crippen molar-refractivity contribution < 1.29 is 4.74 Å². The summed E-state index contributed by atoms with van der Waals surface area (Å²) in [5.74, 6) is 1.14. The van der Waals surface area contributed by atoms with Gasteiger partial charge in [-0.05, 0) is 75.5 Å². The van der Waals surface area contributed by atoms with Gasteiger partial charge in [0.25, 0.3) is 0 Å². The number of rotatable bonds is 8. The molecule has 0 amide bonds. The van der Waals surface area contributed by atoms with Crippen molar-refractivity contribution in [3.05, 3.63) is 29.3 Å². The number of likely N-dealkylation sites (tertiary alicyclic amines) is 1. The van der Waals surface area contributed by atoms with Crippen molar-refractivity contribution in [2.24, 2.45) is 0 Å². The molecule has 0 saturated carbocycles. The molecule has 1 atom stereocenters. The molecule has 0 N–H and O–H groups in total. The predicted molar refractivity (Wildman–Crippen MR) is 101 cm³/mol. The molecule has 1 aromatic carbocycles. The average Bonchev–Trinajstić information content (AvgIpc) is 3.07. The van der Waals surface area contributed by atoms with Gasteiger partial charge in [-0.25, -0.2) is 0 Å². The normalized spacial score (nSPS) is 21.2. The topological polar surface area (TPSA) is 15.7 Å². The summed E-state index contributed by atoms with van der Waals surface area (Å²) in [5, 5.41) is 0. The van der Waals surface area contributed by atoms with Crippen LogP contribution in [0.3, 0.4) is 0 Å². The Kier molecular flexibility index (Phi) is 6.56. The van der Waals surface area contributed by atoms with Gasteiger partial charge in [0.15, 0.2) is 0 Å². The molecular formula is C21H34N2O. The minimum atomic E-state index is 0.638. The van der Waals surface area contributed by atoms with Crippen molar-refractivity contribution in [1.29, 1.82) is 0 Å². The Hall–Kier alpha value is -1.06. The predicted octanol–water partition coefficient (Wildman–Crippen LogP) is 4.27. The molecule has 1 aliphatic carbocycles. The molecule has 1 fully saturated rings. The zero-order chi connectivity index (χ0) is 16.8. The number of fused-ring (bicyclic) bond motifs is 1. The van der Waals surface area contributed by atoms with Crippen LogP contribution in [0.25, 0.3) is 0 Å². The molecule has 0 radical (unpaired) electrons. The van der Waals surface area contributed by atoms with E-state index in [1.54, 1.807) is 0 Å². The summed E-state index contributed by atoms with van der Waals surface area (Å²) in [7, 11) is 0. The first kappa shape index (κ1) is 17.8. The lowest BCUT2D eigenvalue weighted by atomic mass is 10.0. The zero-order valence-electron chi connectivity index (χ0n) is 15.6. The molecular weight excluding hydrogens is 296 g/mol. The maximum Gasteiger partial charge on any atom is 0.122 e. The zero-order valence-corrected chi connectivity index (χ0v) is 15.6. The first-order chi connectivity index (χ1) is 11.8. The molecule has 0 spiro atoms. The fraction of sp³-hybridized carbons (Fsp3) is 0.714. The van der Waals surface area contributed by atoms with Crippen molar-refractivity contribution >= 4 is 0 Å². The minimum Gasteiger partial charge on any atom is -0.493 e. The van der Waals surface area contributed by atoms with Gasteiger partial charge >= 0.3 is 0 Å². The molecule has 134 valence electrons. The second kappa shape index (κ2) is 8.87. The van der Waals surface area contributed by atoms with Gasteiger partial charge in [-0.1, -0.05) is 32.4 Å². The Morgan fingerprint density at radius 2 is 1.92 bits per heavy atom. The van der Waals surface area contributed by atoms with Gasteiger partial charge in [0, 0.05) is 12.6 Å². The van der Waals surface area contributed by atoms with Crippen LogP contribution in [0, 0.1) is 0 Å². The van der Waals surface area contributed by atoms with Crippen molar-refractivity contribution in [1.82, 2.24) is 9.80 Å². The monoisotopic (exact) mass is 330 g/mol. The van der Waals surface area contributed by atoms with E-state index in [9.17, 15) is 0 Å². The third kappa shape index (κ3) is 4.12. The molecule has 0 aromatic heterocycles. The van der Waals surface area contributed by atoms with E-state index in [0.29, 0.717) is 6.04 Å². The Bertz CT molecular complexity index is 507. The van der Waals surface area contributed by atoms with E-state index in [4.69, 9.17) is 4.74 Å². The van der Waals surface area contributed by atoms with Gasteiger partial charge in [-0.3, -0.25) is 4.90 Å². The highest BCUT2D eigenvalue weighted by atomic mass is 16.5. The maximum absolute atomic E-state index is 6.18. The highest BCUT2D eigenvalue weighted by molar-refractivity contribution is 5.45. The fourth-order valence-corrected chi connectivity index (χ4v) is 4.35. The Balaban J connectivity index is 1.57. The van der Waals surface area contributed by atoms with Crippen LogP contribution >= 0.6 is 0 Å². The minimum absolute atomic E-state index is 0.638. The number of benzene rings is 1. The molecule has 3 rings (SSSR count). The Morgan fingerprint density at radius 1 is 1.12 bits per heavy atom. The summed E-state index contributed by atoms with van der Waals surface area (Å²) >= 11 is 0. The van der Waals surface area contributed by atoms with Gasteiger partial charge in [-0.15, -0.1) is 0 Å². The average molecular weight is 331 g/mol. The van der Waals surface area contributed by atoms with Gasteiger partial charge in [-0.2, -0.15) is 0 Å². The second-order valence-electron chi connectivity index (χ2n) is 7.20. The maximum atomic E-state index is 6.18. The van der Waals surface area contributed by atoms with Gasteiger partial charge in [0.2, 0.25) is 0 Å². The molecule has 1 aromatic rings. The number of hydrogen-bond donors (Lipinski definition) is 0. The first-order valence-corrected chi connectivity index (χ1v) is 10.0. The van der Waals surface area contributed by atoms with Crippen LogP contribution in [0.15, 0.2) is 18.2 Å². The molecule has 1 heterocycles. The highest BCUT2D eigenvalue weighted by Crippen LogP contribution is 2.41. The van der Waals surface area contributed by atoms with E-state index < -0.39 is 0 Å². The van der Waals surface area contributed by atoms with Gasteiger partial charge in [0.05, 0.1) is 6.61 Å².